The van der Waals surface area contributed by atoms with Gasteiger partial charge in [-0.25, -0.2) is 8.78 Å². The molecule has 37 heavy (non-hydrogen) atoms. The van der Waals surface area contributed by atoms with Gasteiger partial charge in [0.15, 0.2) is 18.2 Å². The van der Waals surface area contributed by atoms with E-state index in [0.717, 1.165) is 42.2 Å². The van der Waals surface area contributed by atoms with Crippen molar-refractivity contribution in [3.63, 3.8) is 0 Å². The number of aryl methyl sites for hydroxylation is 1. The molecule has 0 amide bonds. The van der Waals surface area contributed by atoms with Crippen molar-refractivity contribution in [2.45, 2.75) is 64.5 Å². The van der Waals surface area contributed by atoms with E-state index in [9.17, 15) is 17.6 Å². The van der Waals surface area contributed by atoms with Crippen LogP contribution in [0.5, 0.6) is 5.75 Å². The number of fused-ring (bicyclic) bond motifs is 1. The second-order valence-electron chi connectivity index (χ2n) is 10.00. The number of alkyl halides is 3. The van der Waals surface area contributed by atoms with E-state index < -0.39 is 30.2 Å². The average molecular weight is 515 g/mol. The summed E-state index contributed by atoms with van der Waals surface area (Å²) in [6, 6.07) is 12.6. The summed E-state index contributed by atoms with van der Waals surface area (Å²) < 4.78 is 70.5. The van der Waals surface area contributed by atoms with Gasteiger partial charge in [0.25, 0.3) is 0 Å². The number of benzene rings is 3. The summed E-state index contributed by atoms with van der Waals surface area (Å²) >= 11 is 0. The normalized spacial score (nSPS) is 17.9. The predicted octanol–water partition coefficient (Wildman–Crippen LogP) is 9.00. The predicted molar refractivity (Wildman–Crippen MR) is 137 cm³/mol. The molecule has 0 aliphatic heterocycles. The zero-order valence-corrected chi connectivity index (χ0v) is 20.9. The second-order valence-corrected chi connectivity index (χ2v) is 10.00. The van der Waals surface area contributed by atoms with E-state index >= 15 is 4.39 Å². The lowest BCUT2D eigenvalue weighted by Gasteiger charge is -2.28. The van der Waals surface area contributed by atoms with Crippen molar-refractivity contribution < 1.29 is 26.7 Å². The highest BCUT2D eigenvalue weighted by Gasteiger charge is 2.29. The van der Waals surface area contributed by atoms with Crippen LogP contribution in [0, 0.1) is 35.3 Å². The number of halogens is 5. The Kier molecular flexibility index (Phi) is 8.74. The molecule has 0 aromatic heterocycles. The van der Waals surface area contributed by atoms with E-state index in [-0.39, 0.29) is 11.1 Å². The SMILES string of the molecule is CCCC1CCC(CCc2ccc3c(F)c(C#Cc4ccc(OCC(F)(F)F)c(F)c4)ccc3c2)CC1. The Morgan fingerprint density at radius 3 is 2.27 bits per heavy atom. The zero-order chi connectivity index (χ0) is 26.4. The molecule has 196 valence electrons. The fourth-order valence-electron chi connectivity index (χ4n) is 5.18. The molecule has 4 rings (SSSR count). The van der Waals surface area contributed by atoms with Crippen molar-refractivity contribution in [2.24, 2.45) is 11.8 Å². The van der Waals surface area contributed by atoms with E-state index in [1.807, 2.05) is 18.2 Å². The van der Waals surface area contributed by atoms with Gasteiger partial charge in [0, 0.05) is 10.9 Å². The lowest BCUT2D eigenvalue weighted by atomic mass is 9.78. The third kappa shape index (κ3) is 7.47. The highest BCUT2D eigenvalue weighted by molar-refractivity contribution is 5.85. The number of ether oxygens (including phenoxy) is 1. The standard InChI is InChI=1S/C31H31F5O/c1-2-3-21-4-6-22(7-5-21)8-9-23-11-16-27-26(18-23)15-14-25(30(27)33)13-10-24-12-17-29(28(32)19-24)37-20-31(34,35)36/h11-12,14-19,21-22H,2-9,20H2,1H3. The van der Waals surface area contributed by atoms with Gasteiger partial charge in [-0.15, -0.1) is 0 Å². The van der Waals surface area contributed by atoms with E-state index in [2.05, 4.69) is 23.5 Å². The van der Waals surface area contributed by atoms with Crippen LogP contribution in [0.2, 0.25) is 0 Å². The van der Waals surface area contributed by atoms with Gasteiger partial charge in [0.1, 0.15) is 5.82 Å². The van der Waals surface area contributed by atoms with Gasteiger partial charge >= 0.3 is 6.18 Å². The molecule has 6 heteroatoms. The van der Waals surface area contributed by atoms with Gasteiger partial charge in [-0.2, -0.15) is 13.2 Å². The highest BCUT2D eigenvalue weighted by Crippen LogP contribution is 2.34. The summed E-state index contributed by atoms with van der Waals surface area (Å²) in [5, 5.41) is 1.28. The molecule has 3 aromatic carbocycles. The second kappa shape index (κ2) is 12.0. The minimum absolute atomic E-state index is 0.168. The Bertz CT molecular complexity index is 1280. The molecule has 3 aromatic rings. The maximum Gasteiger partial charge on any atom is 0.422 e. The molecule has 0 heterocycles. The lowest BCUT2D eigenvalue weighted by molar-refractivity contribution is -0.153. The molecule has 1 fully saturated rings. The topological polar surface area (TPSA) is 9.23 Å². The summed E-state index contributed by atoms with van der Waals surface area (Å²) in [5.74, 6) is 5.13. The van der Waals surface area contributed by atoms with Gasteiger partial charge < -0.3 is 4.74 Å². The first-order valence-electron chi connectivity index (χ1n) is 12.9. The molecule has 0 spiro atoms. The molecule has 0 bridgehead atoms. The smallest absolute Gasteiger partial charge is 0.422 e. The Morgan fingerprint density at radius 1 is 0.865 bits per heavy atom. The highest BCUT2D eigenvalue weighted by atomic mass is 19.4. The van der Waals surface area contributed by atoms with Gasteiger partial charge in [0.2, 0.25) is 0 Å². The quantitative estimate of drug-likeness (QED) is 0.226. The number of hydrogen-bond acceptors (Lipinski definition) is 1. The van der Waals surface area contributed by atoms with Gasteiger partial charge in [-0.1, -0.05) is 81.6 Å². The van der Waals surface area contributed by atoms with Crippen LogP contribution >= 0.6 is 0 Å². The fourth-order valence-corrected chi connectivity index (χ4v) is 5.18. The first kappa shape index (κ1) is 27.0. The molecule has 1 aliphatic carbocycles. The van der Waals surface area contributed by atoms with Crippen LogP contribution in [0.1, 0.15) is 68.6 Å². The van der Waals surface area contributed by atoms with Crippen LogP contribution in [-0.2, 0) is 6.42 Å². The summed E-state index contributed by atoms with van der Waals surface area (Å²) in [4.78, 5) is 0. The van der Waals surface area contributed by atoms with Crippen LogP contribution in [0.25, 0.3) is 10.8 Å². The Labute approximate surface area is 215 Å². The first-order valence-corrected chi connectivity index (χ1v) is 12.9. The monoisotopic (exact) mass is 514 g/mol. The first-order chi connectivity index (χ1) is 17.7. The Morgan fingerprint density at radius 2 is 1.59 bits per heavy atom. The van der Waals surface area contributed by atoms with Crippen LogP contribution in [0.15, 0.2) is 48.5 Å². The third-order valence-corrected chi connectivity index (χ3v) is 7.19. The molecule has 0 radical (unpaired) electrons. The largest absolute Gasteiger partial charge is 0.481 e. The van der Waals surface area contributed by atoms with Crippen molar-refractivity contribution in [1.82, 2.24) is 0 Å². The summed E-state index contributed by atoms with van der Waals surface area (Å²) in [6.45, 7) is 0.673. The van der Waals surface area contributed by atoms with Crippen molar-refractivity contribution in [3.05, 3.63) is 76.9 Å². The maximum absolute atomic E-state index is 15.1. The van der Waals surface area contributed by atoms with Crippen molar-refractivity contribution in [3.8, 4) is 17.6 Å². The Balaban J connectivity index is 1.40. The van der Waals surface area contributed by atoms with Crippen LogP contribution in [0.3, 0.4) is 0 Å². The van der Waals surface area contributed by atoms with Crippen molar-refractivity contribution in [2.75, 3.05) is 6.61 Å². The van der Waals surface area contributed by atoms with Crippen LogP contribution in [0.4, 0.5) is 22.0 Å². The minimum atomic E-state index is -4.56. The van der Waals surface area contributed by atoms with Gasteiger partial charge in [-0.05, 0) is 59.9 Å². The molecular weight excluding hydrogens is 483 g/mol. The Hall–Kier alpha value is -3.07. The van der Waals surface area contributed by atoms with E-state index in [0.29, 0.717) is 5.39 Å². The van der Waals surface area contributed by atoms with Crippen molar-refractivity contribution in [1.29, 1.82) is 0 Å². The van der Waals surface area contributed by atoms with Crippen LogP contribution < -0.4 is 4.74 Å². The van der Waals surface area contributed by atoms with Gasteiger partial charge in [0.05, 0.1) is 5.56 Å². The van der Waals surface area contributed by atoms with Crippen LogP contribution in [-0.4, -0.2) is 12.8 Å². The molecule has 1 aliphatic rings. The lowest BCUT2D eigenvalue weighted by Crippen LogP contribution is -2.19. The zero-order valence-electron chi connectivity index (χ0n) is 20.9. The molecule has 0 atom stereocenters. The fraction of sp³-hybridized carbons (Fsp3) is 0.419. The minimum Gasteiger partial charge on any atom is -0.481 e. The average Bonchev–Trinajstić information content (AvgIpc) is 2.87. The van der Waals surface area contributed by atoms with Crippen molar-refractivity contribution >= 4 is 10.8 Å². The van der Waals surface area contributed by atoms with Gasteiger partial charge in [-0.3, -0.25) is 0 Å². The van der Waals surface area contributed by atoms with E-state index in [1.54, 1.807) is 12.1 Å². The molecule has 1 nitrogen and oxygen atoms in total. The third-order valence-electron chi connectivity index (χ3n) is 7.19. The van der Waals surface area contributed by atoms with E-state index in [4.69, 9.17) is 0 Å². The van der Waals surface area contributed by atoms with E-state index in [1.165, 1.54) is 50.2 Å². The number of hydrogen-bond donors (Lipinski definition) is 0. The summed E-state index contributed by atoms with van der Waals surface area (Å²) in [5.41, 5.74) is 1.57. The molecule has 0 unspecified atom stereocenters. The molecule has 0 N–H and O–H groups in total. The maximum atomic E-state index is 15.1. The molecule has 1 saturated carbocycles. The number of rotatable bonds is 7. The molecular formula is C31H31F5O. The molecule has 0 saturated heterocycles. The summed E-state index contributed by atoms with van der Waals surface area (Å²) in [7, 11) is 0. The summed E-state index contributed by atoms with van der Waals surface area (Å²) in [6.07, 6.45) is 5.49.